The third kappa shape index (κ3) is 7.94. The van der Waals surface area contributed by atoms with Gasteiger partial charge in [-0.2, -0.15) is 0 Å². The molecule has 0 saturated heterocycles. The van der Waals surface area contributed by atoms with E-state index in [1.807, 2.05) is 0 Å². The van der Waals surface area contributed by atoms with E-state index in [-0.39, 0.29) is 48.3 Å². The molecular weight excluding hydrogens is 145 g/mol. The second-order valence-electron chi connectivity index (χ2n) is 1.55. The van der Waals surface area contributed by atoms with Crippen LogP contribution < -0.4 is 40.0 Å². The van der Waals surface area contributed by atoms with E-state index in [1.54, 1.807) is 0 Å². The molecule has 0 unspecified atom stereocenters. The zero-order valence-electron chi connectivity index (χ0n) is 6.14. The molecule has 0 heterocycles. The predicted octanol–water partition coefficient (Wildman–Crippen LogP) is -4.73. The summed E-state index contributed by atoms with van der Waals surface area (Å²) in [6.07, 6.45) is -0.210. The molecule has 1 N–H and O–H groups in total. The molecule has 52 valence electrons. The summed E-state index contributed by atoms with van der Waals surface area (Å²) in [4.78, 5) is 20.0. The number of aliphatic carboxylic acids is 1. The summed E-state index contributed by atoms with van der Waals surface area (Å²) < 4.78 is 0. The summed E-state index contributed by atoms with van der Waals surface area (Å²) in [7, 11) is 1.46. The van der Waals surface area contributed by atoms with Crippen LogP contribution in [0.5, 0.6) is 0 Å². The SMILES string of the molecule is CNC(=O)CCC(=O)[O-].[Na+]. The van der Waals surface area contributed by atoms with Crippen molar-refractivity contribution in [3.8, 4) is 0 Å². The van der Waals surface area contributed by atoms with E-state index in [9.17, 15) is 14.7 Å². The van der Waals surface area contributed by atoms with Crippen LogP contribution >= 0.6 is 0 Å². The molecule has 0 rings (SSSR count). The fourth-order valence-electron chi connectivity index (χ4n) is 0.341. The van der Waals surface area contributed by atoms with Gasteiger partial charge in [0.2, 0.25) is 5.91 Å². The van der Waals surface area contributed by atoms with Crippen molar-refractivity contribution < 1.29 is 44.3 Å². The molecule has 0 aromatic heterocycles. The summed E-state index contributed by atoms with van der Waals surface area (Å²) in [5.74, 6) is -1.47. The Bertz CT molecular complexity index is 126. The third-order valence-corrected chi connectivity index (χ3v) is 0.835. The minimum atomic E-state index is -1.20. The first kappa shape index (κ1) is 12.6. The van der Waals surface area contributed by atoms with Crippen molar-refractivity contribution in [1.82, 2.24) is 5.32 Å². The van der Waals surface area contributed by atoms with Gasteiger partial charge in [0.15, 0.2) is 0 Å². The van der Waals surface area contributed by atoms with Gasteiger partial charge in [-0.1, -0.05) is 0 Å². The number of nitrogens with one attached hydrogen (secondary N) is 1. The Kier molecular flexibility index (Phi) is 8.89. The zero-order valence-corrected chi connectivity index (χ0v) is 8.14. The fraction of sp³-hybridized carbons (Fsp3) is 0.600. The van der Waals surface area contributed by atoms with Gasteiger partial charge in [0.05, 0.1) is 0 Å². The Morgan fingerprint density at radius 1 is 1.40 bits per heavy atom. The van der Waals surface area contributed by atoms with Crippen molar-refractivity contribution in [2.75, 3.05) is 7.05 Å². The molecule has 0 saturated carbocycles. The molecule has 0 spiro atoms. The van der Waals surface area contributed by atoms with E-state index in [4.69, 9.17) is 0 Å². The summed E-state index contributed by atoms with van der Waals surface area (Å²) in [6, 6.07) is 0. The van der Waals surface area contributed by atoms with Gasteiger partial charge in [-0.3, -0.25) is 4.79 Å². The third-order valence-electron chi connectivity index (χ3n) is 0.835. The normalized spacial score (nSPS) is 7.70. The standard InChI is InChI=1S/C5H9NO3.Na/c1-6-4(7)2-3-5(8)9;/h2-3H2,1H3,(H,6,7)(H,8,9);/q;+1/p-1. The number of carboxylic acids is 1. The van der Waals surface area contributed by atoms with Gasteiger partial charge in [-0.25, -0.2) is 0 Å². The van der Waals surface area contributed by atoms with Crippen molar-refractivity contribution in [3.63, 3.8) is 0 Å². The quantitative estimate of drug-likeness (QED) is 0.414. The average molecular weight is 153 g/mol. The largest absolute Gasteiger partial charge is 1.00 e. The Morgan fingerprint density at radius 2 is 1.90 bits per heavy atom. The van der Waals surface area contributed by atoms with Crippen molar-refractivity contribution in [2.45, 2.75) is 12.8 Å². The minimum absolute atomic E-state index is 0. The maximum absolute atomic E-state index is 10.3. The van der Waals surface area contributed by atoms with Crippen molar-refractivity contribution in [2.24, 2.45) is 0 Å². The monoisotopic (exact) mass is 153 g/mol. The molecule has 0 atom stereocenters. The summed E-state index contributed by atoms with van der Waals surface area (Å²) in [5, 5.41) is 12.0. The first-order chi connectivity index (χ1) is 4.16. The molecule has 4 nitrogen and oxygen atoms in total. The van der Waals surface area contributed by atoms with Crippen LogP contribution in [-0.2, 0) is 9.59 Å². The molecule has 0 aromatic rings. The Morgan fingerprint density at radius 3 is 2.20 bits per heavy atom. The smallest absolute Gasteiger partial charge is 0.550 e. The topological polar surface area (TPSA) is 69.2 Å². The van der Waals surface area contributed by atoms with Gasteiger partial charge in [-0.05, 0) is 6.42 Å². The van der Waals surface area contributed by atoms with E-state index < -0.39 is 5.97 Å². The van der Waals surface area contributed by atoms with Gasteiger partial charge < -0.3 is 15.2 Å². The molecule has 5 heteroatoms. The van der Waals surface area contributed by atoms with Crippen LogP contribution in [0, 0.1) is 0 Å². The zero-order chi connectivity index (χ0) is 7.28. The van der Waals surface area contributed by atoms with Gasteiger partial charge >= 0.3 is 29.6 Å². The Hall–Kier alpha value is -0.0600. The predicted molar refractivity (Wildman–Crippen MR) is 28.3 cm³/mol. The number of amides is 1. The number of carboxylic acid groups (broad SMARTS) is 1. The van der Waals surface area contributed by atoms with Crippen LogP contribution in [0.15, 0.2) is 0 Å². The molecule has 1 amide bonds. The van der Waals surface area contributed by atoms with E-state index in [2.05, 4.69) is 5.32 Å². The first-order valence-electron chi connectivity index (χ1n) is 2.57. The Labute approximate surface area is 81.3 Å². The van der Waals surface area contributed by atoms with Crippen molar-refractivity contribution in [1.29, 1.82) is 0 Å². The average Bonchev–Trinajstić information content (AvgIpc) is 1.83. The molecule has 0 radical (unpaired) electrons. The molecule has 0 aromatic carbocycles. The van der Waals surface area contributed by atoms with Gasteiger partial charge in [-0.15, -0.1) is 0 Å². The van der Waals surface area contributed by atoms with E-state index >= 15 is 0 Å². The molecule has 10 heavy (non-hydrogen) atoms. The minimum Gasteiger partial charge on any atom is -0.550 e. The van der Waals surface area contributed by atoms with Gasteiger partial charge in [0, 0.05) is 19.4 Å². The number of hydrogen-bond donors (Lipinski definition) is 1. The Balaban J connectivity index is 0. The first-order valence-corrected chi connectivity index (χ1v) is 2.57. The fourth-order valence-corrected chi connectivity index (χ4v) is 0.341. The van der Waals surface area contributed by atoms with Crippen LogP contribution in [-0.4, -0.2) is 18.9 Å². The van der Waals surface area contributed by atoms with Crippen LogP contribution in [0.4, 0.5) is 0 Å². The molecule has 0 aliphatic rings. The summed E-state index contributed by atoms with van der Waals surface area (Å²) in [6.45, 7) is 0. The maximum Gasteiger partial charge on any atom is 1.00 e. The number of rotatable bonds is 3. The van der Waals surface area contributed by atoms with Crippen LogP contribution in [0.2, 0.25) is 0 Å². The van der Waals surface area contributed by atoms with Crippen LogP contribution in [0.3, 0.4) is 0 Å². The number of hydrogen-bond acceptors (Lipinski definition) is 3. The maximum atomic E-state index is 10.3. The van der Waals surface area contributed by atoms with E-state index in [0.29, 0.717) is 0 Å². The summed E-state index contributed by atoms with van der Waals surface area (Å²) >= 11 is 0. The summed E-state index contributed by atoms with van der Waals surface area (Å²) in [5.41, 5.74) is 0. The van der Waals surface area contributed by atoms with Crippen LogP contribution in [0.25, 0.3) is 0 Å². The van der Waals surface area contributed by atoms with Gasteiger partial charge in [0.1, 0.15) is 0 Å². The van der Waals surface area contributed by atoms with Crippen molar-refractivity contribution >= 4 is 11.9 Å². The second kappa shape index (κ2) is 7.05. The molecule has 0 fully saturated rings. The second-order valence-corrected chi connectivity index (χ2v) is 1.55. The molecule has 0 aliphatic carbocycles. The molecular formula is C5H8NNaO3. The molecule has 0 bridgehead atoms. The number of carbonyl (C=O) groups excluding carboxylic acids is 2. The van der Waals surface area contributed by atoms with E-state index in [1.165, 1.54) is 7.05 Å². The van der Waals surface area contributed by atoms with Crippen molar-refractivity contribution in [3.05, 3.63) is 0 Å². The van der Waals surface area contributed by atoms with E-state index in [0.717, 1.165) is 0 Å². The van der Waals surface area contributed by atoms with Gasteiger partial charge in [0.25, 0.3) is 0 Å². The van der Waals surface area contributed by atoms with Crippen LogP contribution in [0.1, 0.15) is 12.8 Å². The number of carbonyl (C=O) groups is 2. The molecule has 0 aliphatic heterocycles.